The van der Waals surface area contributed by atoms with Gasteiger partial charge in [-0.1, -0.05) is 18.7 Å². The number of ether oxygens (including phenoxy) is 2. The van der Waals surface area contributed by atoms with Crippen LogP contribution in [0.4, 0.5) is 0 Å². The van der Waals surface area contributed by atoms with Gasteiger partial charge in [-0.25, -0.2) is 0 Å². The Morgan fingerprint density at radius 3 is 2.60 bits per heavy atom. The third-order valence-electron chi connectivity index (χ3n) is 3.61. The fourth-order valence-corrected chi connectivity index (χ4v) is 2.36. The molecule has 1 aromatic carbocycles. The van der Waals surface area contributed by atoms with Gasteiger partial charge in [-0.2, -0.15) is 0 Å². The van der Waals surface area contributed by atoms with Gasteiger partial charge in [-0.3, -0.25) is 0 Å². The second-order valence-electron chi connectivity index (χ2n) is 4.90. The normalized spacial score (nSPS) is 19.1. The van der Waals surface area contributed by atoms with E-state index in [1.807, 2.05) is 24.3 Å². The molecule has 108 valence electrons. The average Bonchev–Trinajstić information content (AvgIpc) is 2.48. The molecule has 0 saturated carbocycles. The largest absolute Gasteiger partial charge is 0.497 e. The van der Waals surface area contributed by atoms with Crippen LogP contribution in [0.3, 0.4) is 0 Å². The summed E-state index contributed by atoms with van der Waals surface area (Å²) in [6.07, 6.45) is 1.79. The third kappa shape index (κ3) is 3.14. The van der Waals surface area contributed by atoms with Crippen molar-refractivity contribution in [3.05, 3.63) is 53.4 Å². The van der Waals surface area contributed by atoms with Gasteiger partial charge in [0.05, 0.1) is 24.6 Å². The van der Waals surface area contributed by atoms with Crippen molar-refractivity contribution in [2.75, 3.05) is 14.2 Å². The molecule has 2 rings (SSSR count). The van der Waals surface area contributed by atoms with Crippen LogP contribution in [-0.2, 0) is 11.3 Å². The SMILES string of the molecule is C=C1CCC(OC)C(N)=C1NCc1ccc(OC)cc1. The lowest BCUT2D eigenvalue weighted by atomic mass is 9.94. The van der Waals surface area contributed by atoms with Gasteiger partial charge in [-0.05, 0) is 36.1 Å². The van der Waals surface area contributed by atoms with Crippen LogP contribution in [0.5, 0.6) is 5.75 Å². The third-order valence-corrected chi connectivity index (χ3v) is 3.61. The molecule has 0 aromatic heterocycles. The topological polar surface area (TPSA) is 56.5 Å². The quantitative estimate of drug-likeness (QED) is 0.865. The van der Waals surface area contributed by atoms with E-state index in [1.54, 1.807) is 14.2 Å². The summed E-state index contributed by atoms with van der Waals surface area (Å²) in [7, 11) is 3.35. The Labute approximate surface area is 120 Å². The van der Waals surface area contributed by atoms with Crippen molar-refractivity contribution >= 4 is 0 Å². The van der Waals surface area contributed by atoms with Crippen LogP contribution in [0.25, 0.3) is 0 Å². The highest BCUT2D eigenvalue weighted by Crippen LogP contribution is 2.26. The van der Waals surface area contributed by atoms with Gasteiger partial charge in [0, 0.05) is 13.7 Å². The van der Waals surface area contributed by atoms with Crippen molar-refractivity contribution in [2.45, 2.75) is 25.5 Å². The molecule has 4 heteroatoms. The van der Waals surface area contributed by atoms with E-state index in [0.29, 0.717) is 6.54 Å². The molecule has 1 unspecified atom stereocenters. The highest BCUT2D eigenvalue weighted by Gasteiger charge is 2.22. The van der Waals surface area contributed by atoms with Crippen molar-refractivity contribution in [3.63, 3.8) is 0 Å². The Kier molecular flexibility index (Phi) is 4.69. The van der Waals surface area contributed by atoms with Crippen molar-refractivity contribution in [1.82, 2.24) is 5.32 Å². The van der Waals surface area contributed by atoms with Crippen molar-refractivity contribution in [3.8, 4) is 5.75 Å². The first-order valence-corrected chi connectivity index (χ1v) is 6.73. The van der Waals surface area contributed by atoms with Crippen LogP contribution in [0.1, 0.15) is 18.4 Å². The van der Waals surface area contributed by atoms with Gasteiger partial charge < -0.3 is 20.5 Å². The molecule has 0 heterocycles. The number of nitrogens with one attached hydrogen (secondary N) is 1. The number of hydrogen-bond donors (Lipinski definition) is 2. The summed E-state index contributed by atoms with van der Waals surface area (Å²) in [5.41, 5.74) is 10.0. The Bertz CT molecular complexity index is 506. The van der Waals surface area contributed by atoms with Crippen LogP contribution < -0.4 is 15.8 Å². The molecular formula is C16H22N2O2. The Balaban J connectivity index is 2.06. The second kappa shape index (κ2) is 6.48. The molecule has 0 bridgehead atoms. The van der Waals surface area contributed by atoms with Crippen molar-refractivity contribution in [2.24, 2.45) is 5.73 Å². The first-order valence-electron chi connectivity index (χ1n) is 6.73. The van der Waals surface area contributed by atoms with Gasteiger partial charge in [0.15, 0.2) is 0 Å². The summed E-state index contributed by atoms with van der Waals surface area (Å²) in [4.78, 5) is 0. The van der Waals surface area contributed by atoms with E-state index in [9.17, 15) is 0 Å². The first-order chi connectivity index (χ1) is 9.65. The highest BCUT2D eigenvalue weighted by atomic mass is 16.5. The number of allylic oxidation sites excluding steroid dienone is 1. The summed E-state index contributed by atoms with van der Waals surface area (Å²) in [5, 5.41) is 3.37. The zero-order valence-electron chi connectivity index (χ0n) is 12.1. The monoisotopic (exact) mass is 274 g/mol. The smallest absolute Gasteiger partial charge is 0.118 e. The van der Waals surface area contributed by atoms with Crippen molar-refractivity contribution < 1.29 is 9.47 Å². The van der Waals surface area contributed by atoms with E-state index in [-0.39, 0.29) is 6.10 Å². The number of methoxy groups -OCH3 is 2. The minimum Gasteiger partial charge on any atom is -0.497 e. The summed E-state index contributed by atoms with van der Waals surface area (Å²) >= 11 is 0. The van der Waals surface area contributed by atoms with E-state index in [1.165, 1.54) is 5.56 Å². The molecule has 0 amide bonds. The number of hydrogen-bond acceptors (Lipinski definition) is 4. The van der Waals surface area contributed by atoms with Gasteiger partial charge in [0.1, 0.15) is 5.75 Å². The lowest BCUT2D eigenvalue weighted by molar-refractivity contribution is 0.118. The predicted octanol–water partition coefficient (Wildman–Crippen LogP) is 2.32. The van der Waals surface area contributed by atoms with E-state index in [2.05, 4.69) is 11.9 Å². The van der Waals surface area contributed by atoms with Crippen LogP contribution >= 0.6 is 0 Å². The summed E-state index contributed by atoms with van der Waals surface area (Å²) in [6.45, 7) is 4.78. The summed E-state index contributed by atoms with van der Waals surface area (Å²) in [5.74, 6) is 0.856. The van der Waals surface area contributed by atoms with Crippen LogP contribution in [-0.4, -0.2) is 20.3 Å². The zero-order valence-corrected chi connectivity index (χ0v) is 12.1. The van der Waals surface area contributed by atoms with Gasteiger partial charge in [0.25, 0.3) is 0 Å². The molecule has 1 aromatic rings. The molecule has 0 spiro atoms. The molecule has 1 aliphatic carbocycles. The Morgan fingerprint density at radius 2 is 2.00 bits per heavy atom. The number of benzene rings is 1. The standard InChI is InChI=1S/C16H22N2O2/c1-11-4-9-14(20-3)15(17)16(11)18-10-12-5-7-13(19-2)8-6-12/h5-8,14,18H,1,4,9-10,17H2,2-3H3. The summed E-state index contributed by atoms with van der Waals surface area (Å²) < 4.78 is 10.5. The highest BCUT2D eigenvalue weighted by molar-refractivity contribution is 5.36. The fraction of sp³-hybridized carbons (Fsp3) is 0.375. The maximum atomic E-state index is 6.15. The predicted molar refractivity (Wildman–Crippen MR) is 80.2 cm³/mol. The van der Waals surface area contributed by atoms with Gasteiger partial charge in [-0.15, -0.1) is 0 Å². The average molecular weight is 274 g/mol. The maximum Gasteiger partial charge on any atom is 0.118 e. The lowest BCUT2D eigenvalue weighted by Gasteiger charge is -2.27. The lowest BCUT2D eigenvalue weighted by Crippen LogP contribution is -2.31. The van der Waals surface area contributed by atoms with Crippen LogP contribution in [0.2, 0.25) is 0 Å². The minimum absolute atomic E-state index is 0.0149. The first kappa shape index (κ1) is 14.5. The van der Waals surface area contributed by atoms with E-state index in [0.717, 1.165) is 35.6 Å². The van der Waals surface area contributed by atoms with Crippen molar-refractivity contribution in [1.29, 1.82) is 0 Å². The Hall–Kier alpha value is -1.94. The second-order valence-corrected chi connectivity index (χ2v) is 4.90. The zero-order chi connectivity index (χ0) is 14.5. The molecule has 0 radical (unpaired) electrons. The molecule has 0 aliphatic heterocycles. The molecule has 1 aliphatic rings. The number of nitrogens with two attached hydrogens (primary N) is 1. The van der Waals surface area contributed by atoms with Crippen LogP contribution in [0.15, 0.2) is 47.8 Å². The fourth-order valence-electron chi connectivity index (χ4n) is 2.36. The van der Waals surface area contributed by atoms with E-state index < -0.39 is 0 Å². The van der Waals surface area contributed by atoms with E-state index >= 15 is 0 Å². The number of rotatable bonds is 5. The molecule has 4 nitrogen and oxygen atoms in total. The van der Waals surface area contributed by atoms with Gasteiger partial charge in [0.2, 0.25) is 0 Å². The maximum absolute atomic E-state index is 6.15. The van der Waals surface area contributed by atoms with Crippen LogP contribution in [0, 0.1) is 0 Å². The molecule has 3 N–H and O–H groups in total. The minimum atomic E-state index is -0.0149. The molecule has 1 atom stereocenters. The molecule has 20 heavy (non-hydrogen) atoms. The molecular weight excluding hydrogens is 252 g/mol. The summed E-state index contributed by atoms with van der Waals surface area (Å²) in [6, 6.07) is 7.95. The van der Waals surface area contributed by atoms with E-state index in [4.69, 9.17) is 15.2 Å². The van der Waals surface area contributed by atoms with Gasteiger partial charge >= 0.3 is 0 Å². The molecule has 0 fully saturated rings. The Morgan fingerprint density at radius 1 is 1.30 bits per heavy atom. The molecule has 0 saturated heterocycles.